The van der Waals surface area contributed by atoms with Gasteiger partial charge in [-0.1, -0.05) is 56.0 Å². The van der Waals surface area contributed by atoms with Gasteiger partial charge in [-0.3, -0.25) is 19.6 Å². The third-order valence-electron chi connectivity index (χ3n) is 10.9. The smallest absolute Gasteiger partial charge is 0.333 e. The molecular formula is C37H50N6O6S2. The van der Waals surface area contributed by atoms with Gasteiger partial charge in [-0.05, 0) is 53.4 Å². The minimum absolute atomic E-state index is 0.209. The predicted octanol–water partition coefficient (Wildman–Crippen LogP) is 4.44. The number of benzene rings is 1. The fourth-order valence-corrected chi connectivity index (χ4v) is 11.3. The van der Waals surface area contributed by atoms with Gasteiger partial charge >= 0.3 is 11.9 Å². The molecule has 0 N–H and O–H groups in total. The van der Waals surface area contributed by atoms with E-state index in [9.17, 15) is 19.2 Å². The quantitative estimate of drug-likeness (QED) is 0.118. The van der Waals surface area contributed by atoms with Gasteiger partial charge in [0.25, 0.3) is 18.1 Å². The van der Waals surface area contributed by atoms with Crippen molar-refractivity contribution < 1.29 is 28.7 Å². The van der Waals surface area contributed by atoms with Crippen molar-refractivity contribution in [3.63, 3.8) is 0 Å². The number of hydrogen-bond donors (Lipinski definition) is 0. The number of hydrogen-bond acceptors (Lipinski definition) is 10. The lowest BCUT2D eigenvalue weighted by atomic mass is 9.96. The maximum absolute atomic E-state index is 14.1. The molecule has 6 atom stereocenters. The molecular weight excluding hydrogens is 689 g/mol. The molecule has 0 spiro atoms. The molecule has 6 aliphatic rings. The van der Waals surface area contributed by atoms with Crippen LogP contribution in [0.25, 0.3) is 0 Å². The van der Waals surface area contributed by atoms with Gasteiger partial charge in [-0.15, -0.1) is 23.5 Å². The standard InChI is InChI=1S/C37H50N6O6S2/c1-36(2)27(42-29(44)25(31(42)50-36)38-22-40-18-12-5-6-13-19-40)33(46)48-35(24-16-10-9-11-17-24)49-34(47)28-37(3,4)51-32-26(30(45)43(28)32)39-23-41-20-14-7-8-15-21-41/h9-11,16-17,22-23,25-28,31-32,35H,5-8,12-15,18-21H2,1-4H3/b38-22+,39-23+/t25?,26?,27-,28-,31+,32+,35?/m0/s1. The van der Waals surface area contributed by atoms with Gasteiger partial charge < -0.3 is 29.1 Å². The Bertz CT molecular complexity index is 1450. The first-order valence-electron chi connectivity index (χ1n) is 18.5. The van der Waals surface area contributed by atoms with Crippen molar-refractivity contribution in [3.8, 4) is 0 Å². The van der Waals surface area contributed by atoms with Gasteiger partial charge in [-0.25, -0.2) is 9.59 Å². The van der Waals surface area contributed by atoms with Crippen molar-refractivity contribution in [3.05, 3.63) is 35.9 Å². The summed E-state index contributed by atoms with van der Waals surface area (Å²) in [6, 6.07) is 5.93. The Hall–Kier alpha value is -3.26. The second kappa shape index (κ2) is 14.6. The predicted molar refractivity (Wildman–Crippen MR) is 198 cm³/mol. The highest BCUT2D eigenvalue weighted by atomic mass is 32.2. The lowest BCUT2D eigenvalue weighted by Gasteiger charge is -2.42. The van der Waals surface area contributed by atoms with Gasteiger partial charge in [-0.2, -0.15) is 0 Å². The van der Waals surface area contributed by atoms with Crippen LogP contribution in [-0.2, 0) is 28.7 Å². The average Bonchev–Trinajstić information content (AvgIpc) is 3.30. The topological polar surface area (TPSA) is 124 Å². The number of likely N-dealkylation sites (tertiary alicyclic amines) is 2. The molecule has 0 saturated carbocycles. The van der Waals surface area contributed by atoms with E-state index in [-0.39, 0.29) is 22.6 Å². The van der Waals surface area contributed by atoms with Crippen molar-refractivity contribution >= 4 is 60.0 Å². The molecule has 0 aliphatic carbocycles. The highest BCUT2D eigenvalue weighted by Gasteiger charge is 2.66. The number of carbonyl (C=O) groups is 4. The number of amides is 2. The number of esters is 2. The molecule has 1 aromatic carbocycles. The molecule has 276 valence electrons. The fourth-order valence-electron chi connectivity index (χ4n) is 8.09. The molecule has 0 bridgehead atoms. The van der Waals surface area contributed by atoms with E-state index >= 15 is 0 Å². The fraction of sp³-hybridized carbons (Fsp3) is 0.676. The van der Waals surface area contributed by atoms with Gasteiger partial charge in [0.15, 0.2) is 12.1 Å². The molecule has 1 aromatic rings. The summed E-state index contributed by atoms with van der Waals surface area (Å²) in [7, 11) is 0. The summed E-state index contributed by atoms with van der Waals surface area (Å²) in [4.78, 5) is 71.9. The van der Waals surface area contributed by atoms with E-state index in [1.165, 1.54) is 49.2 Å². The first kappa shape index (κ1) is 36.1. The molecule has 7 rings (SSSR count). The first-order chi connectivity index (χ1) is 24.5. The zero-order chi connectivity index (χ0) is 35.9. The van der Waals surface area contributed by atoms with Crippen LogP contribution in [0.4, 0.5) is 0 Å². The summed E-state index contributed by atoms with van der Waals surface area (Å²) in [5.41, 5.74) is 0.476. The second-order valence-corrected chi connectivity index (χ2v) is 19.0. The highest BCUT2D eigenvalue weighted by molar-refractivity contribution is 8.02. The zero-order valence-electron chi connectivity index (χ0n) is 30.0. The van der Waals surface area contributed by atoms with Gasteiger partial charge in [0.05, 0.1) is 12.7 Å². The molecule has 6 heterocycles. The van der Waals surface area contributed by atoms with Crippen molar-refractivity contribution in [2.24, 2.45) is 9.98 Å². The number of ether oxygens (including phenoxy) is 2. The van der Waals surface area contributed by atoms with Crippen molar-refractivity contribution in [2.45, 2.75) is 130 Å². The minimum Gasteiger partial charge on any atom is -0.419 e. The minimum atomic E-state index is -1.37. The number of carbonyl (C=O) groups excluding carboxylic acids is 4. The van der Waals surface area contributed by atoms with Crippen LogP contribution in [0.1, 0.15) is 90.9 Å². The molecule has 2 amide bonds. The zero-order valence-corrected chi connectivity index (χ0v) is 31.7. The number of fused-ring (bicyclic) bond motifs is 2. The van der Waals surface area contributed by atoms with Crippen LogP contribution in [0.5, 0.6) is 0 Å². The SMILES string of the molecule is CC1(C)S[C@@H]2C(/N=C/N3CCCCCC3)C(=O)N2[C@H]1C(=O)OC(OC(=O)[C@@H]1N2C(=O)C(/N=C/N3CCCCCC3)[C@H]2SC1(C)C)c1ccccc1. The summed E-state index contributed by atoms with van der Waals surface area (Å²) in [6.07, 6.45) is 11.5. The Morgan fingerprint density at radius 2 is 1.08 bits per heavy atom. The molecule has 14 heteroatoms. The molecule has 0 aromatic heterocycles. The number of rotatable bonds is 9. The Balaban J connectivity index is 1.04. The Kier molecular flexibility index (Phi) is 10.4. The Morgan fingerprint density at radius 3 is 1.47 bits per heavy atom. The van der Waals surface area contributed by atoms with Gasteiger partial charge in [0, 0.05) is 41.2 Å². The number of thioether (sulfide) groups is 2. The van der Waals surface area contributed by atoms with Crippen molar-refractivity contribution in [2.75, 3.05) is 26.2 Å². The number of aliphatic imine (C=N–C) groups is 2. The summed E-state index contributed by atoms with van der Waals surface area (Å²) in [6.45, 7) is 11.4. The molecule has 51 heavy (non-hydrogen) atoms. The van der Waals surface area contributed by atoms with E-state index in [0.29, 0.717) is 5.56 Å². The van der Waals surface area contributed by atoms with Crippen LogP contribution >= 0.6 is 23.5 Å². The van der Waals surface area contributed by atoms with Crippen LogP contribution in [0.2, 0.25) is 0 Å². The lowest BCUT2D eigenvalue weighted by Crippen LogP contribution is -2.65. The van der Waals surface area contributed by atoms with Crippen LogP contribution < -0.4 is 0 Å². The third kappa shape index (κ3) is 7.11. The highest BCUT2D eigenvalue weighted by Crippen LogP contribution is 2.53. The van der Waals surface area contributed by atoms with Crippen LogP contribution in [0.3, 0.4) is 0 Å². The largest absolute Gasteiger partial charge is 0.419 e. The first-order valence-corrected chi connectivity index (χ1v) is 20.2. The van der Waals surface area contributed by atoms with Crippen LogP contribution in [0, 0.1) is 0 Å². The third-order valence-corrected chi connectivity index (χ3v) is 14.0. The van der Waals surface area contributed by atoms with Crippen molar-refractivity contribution in [1.29, 1.82) is 0 Å². The van der Waals surface area contributed by atoms with E-state index in [2.05, 4.69) is 19.8 Å². The Labute approximate surface area is 309 Å². The van der Waals surface area contributed by atoms with E-state index < -0.39 is 51.9 Å². The lowest BCUT2D eigenvalue weighted by molar-refractivity contribution is -0.201. The molecule has 6 fully saturated rings. The molecule has 6 saturated heterocycles. The van der Waals surface area contributed by atoms with E-state index in [4.69, 9.17) is 9.47 Å². The maximum atomic E-state index is 14.1. The summed E-state index contributed by atoms with van der Waals surface area (Å²) in [5, 5.41) is -0.571. The van der Waals surface area contributed by atoms with Gasteiger partial charge in [0.1, 0.15) is 22.8 Å². The van der Waals surface area contributed by atoms with Crippen LogP contribution in [0.15, 0.2) is 40.3 Å². The molecule has 12 nitrogen and oxygen atoms in total. The molecule has 2 unspecified atom stereocenters. The maximum Gasteiger partial charge on any atom is 0.333 e. The van der Waals surface area contributed by atoms with E-state index in [1.54, 1.807) is 34.1 Å². The summed E-state index contributed by atoms with van der Waals surface area (Å²) >= 11 is 3.08. The second-order valence-electron chi connectivity index (χ2n) is 15.5. The van der Waals surface area contributed by atoms with Crippen LogP contribution in [-0.4, -0.2) is 127 Å². The van der Waals surface area contributed by atoms with Crippen molar-refractivity contribution in [1.82, 2.24) is 19.6 Å². The number of nitrogens with zero attached hydrogens (tertiary/aromatic N) is 6. The molecule has 6 aliphatic heterocycles. The van der Waals surface area contributed by atoms with E-state index in [1.807, 2.05) is 46.4 Å². The summed E-state index contributed by atoms with van der Waals surface area (Å²) in [5.74, 6) is -1.72. The monoisotopic (exact) mass is 738 g/mol. The summed E-state index contributed by atoms with van der Waals surface area (Å²) < 4.78 is 10.7. The van der Waals surface area contributed by atoms with Gasteiger partial charge in [0.2, 0.25) is 0 Å². The Morgan fingerprint density at radius 1 is 0.686 bits per heavy atom. The number of β-lactam (4-membered cyclic amide) rings is 2. The molecule has 0 radical (unpaired) electrons. The average molecular weight is 739 g/mol. The normalized spacial score (nSPS) is 32.2. The van der Waals surface area contributed by atoms with E-state index in [0.717, 1.165) is 51.9 Å².